The predicted octanol–water partition coefficient (Wildman–Crippen LogP) is -1.20. The van der Waals surface area contributed by atoms with Gasteiger partial charge in [-0.3, -0.25) is 0 Å². The Morgan fingerprint density at radius 3 is 2.00 bits per heavy atom. The van der Waals surface area contributed by atoms with Crippen LogP contribution in [-0.2, 0) is 13.7 Å². The number of quaternary nitrogens is 2. The van der Waals surface area contributed by atoms with Gasteiger partial charge in [-0.15, -0.1) is 0 Å². The molecule has 0 aliphatic rings. The van der Waals surface area contributed by atoms with Gasteiger partial charge >= 0.3 is 55.1 Å². The molecule has 20 heavy (non-hydrogen) atoms. The quantitative estimate of drug-likeness (QED) is 0.484. The van der Waals surface area contributed by atoms with Crippen LogP contribution in [0.1, 0.15) is 0 Å². The van der Waals surface area contributed by atoms with Crippen LogP contribution in [0, 0.1) is 5.75 Å². The second kappa shape index (κ2) is 9.85. The second-order valence-electron chi connectivity index (χ2n) is 5.62. The van der Waals surface area contributed by atoms with E-state index in [4.69, 9.17) is 5.11 Å². The number of hydrogen-bond acceptors (Lipinski definition) is 6. The zero-order chi connectivity index (χ0) is 16.4. The Morgan fingerprint density at radius 2 is 1.70 bits per heavy atom. The summed E-state index contributed by atoms with van der Waals surface area (Å²) in [4.78, 5) is 19.9. The summed E-state index contributed by atoms with van der Waals surface area (Å²) in [6.07, 6.45) is 0. The van der Waals surface area contributed by atoms with Gasteiger partial charge < -0.3 is 23.4 Å². The molecular formula is C10H24N2O6P2. The first-order valence-corrected chi connectivity index (χ1v) is 8.11. The molecule has 0 heterocycles. The summed E-state index contributed by atoms with van der Waals surface area (Å²) < 4.78 is 24.9. The fourth-order valence-electron chi connectivity index (χ4n) is 0.837. The summed E-state index contributed by atoms with van der Waals surface area (Å²) in [6.45, 7) is 1.09. The molecule has 0 spiro atoms. The Hall–Kier alpha value is -0.0000000000000000971. The van der Waals surface area contributed by atoms with Crippen molar-refractivity contribution in [1.82, 2.24) is 0 Å². The summed E-state index contributed by atoms with van der Waals surface area (Å²) in [5.41, 5.74) is 0. The van der Waals surface area contributed by atoms with Crippen molar-refractivity contribution < 1.29 is 37.5 Å². The first kappa shape index (κ1) is 22.3. The van der Waals surface area contributed by atoms with Gasteiger partial charge in [0.05, 0.1) is 29.0 Å². The van der Waals surface area contributed by atoms with Crippen LogP contribution in [0.3, 0.4) is 0 Å². The molecule has 0 bridgehead atoms. The third-order valence-corrected chi connectivity index (χ3v) is 3.10. The van der Waals surface area contributed by atoms with Crippen molar-refractivity contribution in [3.8, 4) is 5.75 Å². The first-order valence-electron chi connectivity index (χ1n) is 5.83. The monoisotopic (exact) mass is 330 g/mol. The van der Waals surface area contributed by atoms with E-state index in [1.54, 1.807) is 0 Å². The van der Waals surface area contributed by atoms with Crippen molar-refractivity contribution in [3.63, 3.8) is 0 Å². The van der Waals surface area contributed by atoms with Crippen molar-refractivity contribution in [2.45, 2.75) is 0 Å². The molecular weight excluding hydrogens is 306 g/mol. The van der Waals surface area contributed by atoms with Crippen LogP contribution in [0.25, 0.3) is 0 Å². The molecule has 0 fully saturated rings. The maximum atomic E-state index is 9.98. The minimum absolute atomic E-state index is 0.0478. The topological polar surface area (TPSA) is 110 Å². The Balaban J connectivity index is 0. The molecule has 1 N–H and O–H groups in total. The van der Waals surface area contributed by atoms with E-state index in [1.165, 1.54) is 0 Å². The van der Waals surface area contributed by atoms with Crippen LogP contribution in [0.2, 0.25) is 0 Å². The summed E-state index contributed by atoms with van der Waals surface area (Å²) in [6, 6.07) is 0. The molecule has 0 atom stereocenters. The van der Waals surface area contributed by atoms with E-state index in [-0.39, 0.29) is 21.1 Å². The van der Waals surface area contributed by atoms with Crippen molar-refractivity contribution in [2.24, 2.45) is 0 Å². The van der Waals surface area contributed by atoms with E-state index >= 15 is 0 Å². The van der Waals surface area contributed by atoms with Crippen molar-refractivity contribution in [3.05, 3.63) is 0 Å². The molecule has 0 aliphatic carbocycles. The molecule has 8 nitrogen and oxygen atoms in total. The van der Waals surface area contributed by atoms with E-state index in [0.717, 1.165) is 0 Å². The number of rotatable bonds is 6. The first-order chi connectivity index (χ1) is 8.83. The third-order valence-electron chi connectivity index (χ3n) is 1.98. The van der Waals surface area contributed by atoms with Crippen LogP contribution in [-0.4, -0.2) is 75.6 Å². The van der Waals surface area contributed by atoms with E-state index in [9.17, 15) is 18.9 Å². The SMILES string of the molecule is C[N+](C)(C#P=O)CCO.C[N+](C)(C)CCOP(=O)([O-])[O-]. The zero-order valence-corrected chi connectivity index (χ0v) is 14.4. The summed E-state index contributed by atoms with van der Waals surface area (Å²) >= 11 is 0. The number of phosphoric acid groups is 1. The molecule has 0 radical (unpaired) electrons. The standard InChI is InChI=1S/C5H14NO4P.C5H11NO2P/c1-6(2,3)4-5-10-11(7,8)9;1-6(2,3-4-7)5-9-8/h4-5H2,1-3H3,(H-,7,8,9);7H,3-4H2,1-2H3/q;+1/p-1. The fourth-order valence-corrected chi connectivity index (χ4v) is 1.46. The van der Waals surface area contributed by atoms with Crippen molar-refractivity contribution in [1.29, 1.82) is 0 Å². The molecule has 10 heteroatoms. The number of hydrogen-bond donors (Lipinski definition) is 1. The van der Waals surface area contributed by atoms with Crippen molar-refractivity contribution >= 4 is 15.7 Å². The van der Waals surface area contributed by atoms with Crippen molar-refractivity contribution in [2.75, 3.05) is 61.5 Å². The van der Waals surface area contributed by atoms with E-state index in [2.05, 4.69) is 10.3 Å². The van der Waals surface area contributed by atoms with Gasteiger partial charge in [0.15, 0.2) is 0 Å². The van der Waals surface area contributed by atoms with Gasteiger partial charge in [-0.05, 0) is 0 Å². The van der Waals surface area contributed by atoms with Crippen LogP contribution >= 0.6 is 15.7 Å². The zero-order valence-electron chi connectivity index (χ0n) is 12.6. The molecule has 0 aromatic carbocycles. The molecule has 0 unspecified atom stereocenters. The van der Waals surface area contributed by atoms with Gasteiger partial charge in [0, 0.05) is 0 Å². The van der Waals surface area contributed by atoms with Gasteiger partial charge in [-0.25, -0.2) is 0 Å². The number of phosphoric ester groups is 1. The van der Waals surface area contributed by atoms with Crippen LogP contribution < -0.4 is 9.79 Å². The van der Waals surface area contributed by atoms with E-state index < -0.39 is 7.82 Å². The number of likely N-dealkylation sites (N-methyl/N-ethyl adjacent to an activating group) is 2. The number of nitrogens with zero attached hydrogens (tertiary/aromatic N) is 2. The molecule has 0 aliphatic heterocycles. The van der Waals surface area contributed by atoms with Gasteiger partial charge in [-0.2, -0.15) is 0 Å². The third kappa shape index (κ3) is 20.3. The number of aliphatic hydroxyl groups is 1. The Bertz CT molecular complexity index is 409. The Morgan fingerprint density at radius 1 is 1.20 bits per heavy atom. The second-order valence-corrected chi connectivity index (χ2v) is 7.15. The average Bonchev–Trinajstić information content (AvgIpc) is 2.13. The fraction of sp³-hybridized carbons (Fsp3) is 0.900. The molecule has 0 aromatic rings. The summed E-state index contributed by atoms with van der Waals surface area (Å²) in [5, 5.41) is 8.47. The molecule has 0 aromatic heterocycles. The molecule has 0 rings (SSSR count). The van der Waals surface area contributed by atoms with Gasteiger partial charge in [0.2, 0.25) is 0 Å². The minimum Gasteiger partial charge on any atom is -0.790 e. The van der Waals surface area contributed by atoms with Gasteiger partial charge in [-0.1, -0.05) is 0 Å². The maximum absolute atomic E-state index is 9.98. The Labute approximate surface area is 121 Å². The summed E-state index contributed by atoms with van der Waals surface area (Å²) in [5.74, 6) is 2.62. The minimum atomic E-state index is -4.76. The molecule has 0 saturated heterocycles. The predicted molar refractivity (Wildman–Crippen MR) is 72.0 cm³/mol. The molecule has 0 saturated carbocycles. The largest absolute Gasteiger partial charge is 0.790 e. The van der Waals surface area contributed by atoms with E-state index in [0.29, 0.717) is 22.1 Å². The smallest absolute Gasteiger partial charge is 0.102 e. The normalized spacial score (nSPS) is 12.2. The van der Waals surface area contributed by atoms with Gasteiger partial charge in [0.1, 0.15) is 13.2 Å². The van der Waals surface area contributed by atoms with E-state index in [1.807, 2.05) is 35.2 Å². The number of aliphatic hydroxyl groups excluding tert-OH is 1. The Kier molecular flexibility index (Phi) is 11.0. The van der Waals surface area contributed by atoms with Crippen LogP contribution in [0.5, 0.6) is 0 Å². The van der Waals surface area contributed by atoms with Crippen LogP contribution in [0.15, 0.2) is 0 Å². The van der Waals surface area contributed by atoms with Crippen LogP contribution in [0.4, 0.5) is 0 Å². The summed E-state index contributed by atoms with van der Waals surface area (Å²) in [7, 11) is 4.41. The molecule has 0 amide bonds. The van der Waals surface area contributed by atoms with Gasteiger partial charge in [0.25, 0.3) is 0 Å². The maximum Gasteiger partial charge on any atom is 0.102 e. The average molecular weight is 330 g/mol. The molecule has 120 valence electrons.